The van der Waals surface area contributed by atoms with Crippen molar-refractivity contribution in [2.45, 2.75) is 59.5 Å². The molecule has 0 saturated carbocycles. The Morgan fingerprint density at radius 3 is 1.91 bits per heavy atom. The standard InChI is InChI=1S/C14H16FNO.C10H11F3OS.C2H6/c1-5-13(11(4)17)16-10(3)14-9(2)7-6-8-12(14)15;1-7-5-4-6-8(10(11,12)13)9(7)15(2,3)14;1-2/h5-8H,1-4H3;4-6H,2H2,1,3H3;1-2H3/b13-5-,16-10?;;. The van der Waals surface area contributed by atoms with E-state index in [9.17, 15) is 26.6 Å². The van der Waals surface area contributed by atoms with E-state index in [1.807, 2.05) is 26.8 Å². The first-order chi connectivity index (χ1) is 15.6. The summed E-state index contributed by atoms with van der Waals surface area (Å²) in [4.78, 5) is 15.2. The average molecular weight is 500 g/mol. The Balaban J connectivity index is 0.000000601. The van der Waals surface area contributed by atoms with Gasteiger partial charge in [0.25, 0.3) is 0 Å². The number of Topliss-reactive ketones (excluding diaryl/α,β-unsaturated/α-hetero) is 1. The van der Waals surface area contributed by atoms with E-state index in [2.05, 4.69) is 10.9 Å². The molecule has 0 amide bonds. The molecule has 3 nitrogen and oxygen atoms in total. The van der Waals surface area contributed by atoms with Crippen molar-refractivity contribution < 1.29 is 26.6 Å². The molecule has 0 aliphatic heterocycles. The van der Waals surface area contributed by atoms with Crippen LogP contribution in [-0.4, -0.2) is 27.8 Å². The lowest BCUT2D eigenvalue weighted by atomic mass is 10.0. The number of carbonyl (C=O) groups is 1. The summed E-state index contributed by atoms with van der Waals surface area (Å²) in [5.74, 6) is 2.86. The Kier molecular flexibility index (Phi) is 12.2. The van der Waals surface area contributed by atoms with Crippen LogP contribution in [0.25, 0.3) is 0 Å². The van der Waals surface area contributed by atoms with Gasteiger partial charge in [0.2, 0.25) is 0 Å². The first kappa shape index (κ1) is 31.3. The largest absolute Gasteiger partial charge is 0.417 e. The monoisotopic (exact) mass is 499 g/mol. The Morgan fingerprint density at radius 2 is 1.53 bits per heavy atom. The van der Waals surface area contributed by atoms with Crippen molar-refractivity contribution in [2.24, 2.45) is 4.99 Å². The van der Waals surface area contributed by atoms with E-state index in [0.717, 1.165) is 11.6 Å². The zero-order valence-electron chi connectivity index (χ0n) is 20.9. The summed E-state index contributed by atoms with van der Waals surface area (Å²) in [5.41, 5.74) is 1.64. The molecule has 188 valence electrons. The summed E-state index contributed by atoms with van der Waals surface area (Å²) in [6.45, 7) is 12.2. The average Bonchev–Trinajstić information content (AvgIpc) is 2.72. The van der Waals surface area contributed by atoms with E-state index in [0.29, 0.717) is 22.5 Å². The molecular weight excluding hydrogens is 466 g/mol. The number of benzene rings is 2. The molecule has 0 fully saturated rings. The molecule has 0 spiro atoms. The van der Waals surface area contributed by atoms with E-state index >= 15 is 0 Å². The van der Waals surface area contributed by atoms with Crippen LogP contribution < -0.4 is 0 Å². The normalized spacial score (nSPS) is 13.6. The third kappa shape index (κ3) is 8.89. The summed E-state index contributed by atoms with van der Waals surface area (Å²) >= 11 is 0. The second-order valence-corrected chi connectivity index (χ2v) is 9.73. The van der Waals surface area contributed by atoms with Crippen LogP contribution in [0.3, 0.4) is 0 Å². The molecule has 2 aromatic rings. The molecule has 0 radical (unpaired) electrons. The molecule has 0 aliphatic rings. The second kappa shape index (κ2) is 13.2. The molecule has 1 unspecified atom stereocenters. The number of alkyl halides is 3. The lowest BCUT2D eigenvalue weighted by Gasteiger charge is -2.15. The molecule has 2 rings (SSSR count). The van der Waals surface area contributed by atoms with E-state index < -0.39 is 21.3 Å². The Hall–Kier alpha value is -2.74. The van der Waals surface area contributed by atoms with E-state index in [4.69, 9.17) is 0 Å². The van der Waals surface area contributed by atoms with Gasteiger partial charge in [-0.15, -0.1) is 0 Å². The number of halogens is 4. The van der Waals surface area contributed by atoms with E-state index in [-0.39, 0.29) is 16.5 Å². The number of nitrogens with zero attached hydrogens (tertiary/aromatic N) is 1. The zero-order chi connectivity index (χ0) is 26.9. The number of allylic oxidation sites excluding steroid dienone is 2. The lowest BCUT2D eigenvalue weighted by molar-refractivity contribution is -0.139. The maximum absolute atomic E-state index is 13.7. The van der Waals surface area contributed by atoms with Gasteiger partial charge in [-0.3, -0.25) is 9.00 Å². The highest BCUT2D eigenvalue weighted by molar-refractivity contribution is 7.99. The molecular formula is C26H33F4NO2S. The SMILES string of the molecule is C/C=C(\N=C(C)c1c(C)cccc1F)C(C)=O.C=S(C)(=O)c1c(C)cccc1C(F)(F)F.CC. The van der Waals surface area contributed by atoms with Gasteiger partial charge in [0.1, 0.15) is 11.5 Å². The van der Waals surface area contributed by atoms with Crippen molar-refractivity contribution in [2.75, 3.05) is 6.26 Å². The highest BCUT2D eigenvalue weighted by Gasteiger charge is 2.35. The number of aliphatic imine (C=N–C) groups is 1. The van der Waals surface area contributed by atoms with Gasteiger partial charge in [0.15, 0.2) is 5.78 Å². The predicted octanol–water partition coefficient (Wildman–Crippen LogP) is 7.18. The summed E-state index contributed by atoms with van der Waals surface area (Å²) in [7, 11) is -2.87. The van der Waals surface area contributed by atoms with Crippen molar-refractivity contribution in [3.8, 4) is 0 Å². The molecule has 0 bridgehead atoms. The molecule has 0 saturated heterocycles. The fourth-order valence-corrected chi connectivity index (χ4v) is 4.52. The fraction of sp³-hybridized carbons (Fsp3) is 0.346. The molecule has 0 N–H and O–H groups in total. The van der Waals surface area contributed by atoms with Crippen molar-refractivity contribution in [3.63, 3.8) is 0 Å². The van der Waals surface area contributed by atoms with Gasteiger partial charge in [-0.1, -0.05) is 44.2 Å². The Morgan fingerprint density at radius 1 is 1.03 bits per heavy atom. The van der Waals surface area contributed by atoms with Crippen LogP contribution in [0.5, 0.6) is 0 Å². The van der Waals surface area contributed by atoms with Crippen LogP contribution in [0.15, 0.2) is 58.1 Å². The highest BCUT2D eigenvalue weighted by Crippen LogP contribution is 2.35. The Bertz CT molecular complexity index is 1140. The number of carbonyl (C=O) groups excluding carboxylic acids is 1. The minimum absolute atomic E-state index is 0.124. The van der Waals surface area contributed by atoms with Gasteiger partial charge in [0, 0.05) is 29.4 Å². The molecule has 0 heterocycles. The molecule has 0 aromatic heterocycles. The van der Waals surface area contributed by atoms with E-state index in [1.54, 1.807) is 26.0 Å². The first-order valence-electron chi connectivity index (χ1n) is 10.6. The molecule has 1 atom stereocenters. The predicted molar refractivity (Wildman–Crippen MR) is 135 cm³/mol. The zero-order valence-corrected chi connectivity index (χ0v) is 21.7. The Labute approximate surface area is 200 Å². The number of ketones is 1. The quantitative estimate of drug-likeness (QED) is 0.194. The third-order valence-electron chi connectivity index (χ3n) is 4.46. The summed E-state index contributed by atoms with van der Waals surface area (Å²) < 4.78 is 63.2. The lowest BCUT2D eigenvalue weighted by Crippen LogP contribution is -2.13. The maximum atomic E-state index is 13.7. The minimum atomic E-state index is -4.49. The van der Waals surface area contributed by atoms with Crippen molar-refractivity contribution in [3.05, 3.63) is 76.2 Å². The van der Waals surface area contributed by atoms with Gasteiger partial charge in [0.05, 0.1) is 5.56 Å². The first-order valence-corrected chi connectivity index (χ1v) is 12.7. The second-order valence-electron chi connectivity index (χ2n) is 7.31. The summed E-state index contributed by atoms with van der Waals surface area (Å²) in [5, 5.41) is 0. The molecule has 2 aromatic carbocycles. The van der Waals surface area contributed by atoms with Gasteiger partial charge in [-0.25, -0.2) is 9.38 Å². The van der Waals surface area contributed by atoms with Crippen molar-refractivity contribution in [1.82, 2.24) is 0 Å². The van der Waals surface area contributed by atoms with Crippen LogP contribution in [0, 0.1) is 19.7 Å². The van der Waals surface area contributed by atoms with Gasteiger partial charge < -0.3 is 0 Å². The minimum Gasteiger partial charge on any atom is -0.293 e. The van der Waals surface area contributed by atoms with Crippen LogP contribution in [-0.2, 0) is 20.5 Å². The summed E-state index contributed by atoms with van der Waals surface area (Å²) in [6.07, 6.45) is -1.65. The number of aryl methyl sites for hydroxylation is 2. The topological polar surface area (TPSA) is 46.5 Å². The van der Waals surface area contributed by atoms with Crippen molar-refractivity contribution >= 4 is 26.9 Å². The number of hydrogen-bond acceptors (Lipinski definition) is 3. The van der Waals surface area contributed by atoms with Gasteiger partial charge in [-0.2, -0.15) is 13.2 Å². The van der Waals surface area contributed by atoms with Gasteiger partial charge >= 0.3 is 6.18 Å². The molecule has 0 aliphatic carbocycles. The van der Waals surface area contributed by atoms with E-state index in [1.165, 1.54) is 38.3 Å². The van der Waals surface area contributed by atoms with Gasteiger partial charge in [-0.05, 0) is 66.3 Å². The molecule has 8 heteroatoms. The van der Waals surface area contributed by atoms with Crippen LogP contribution >= 0.6 is 0 Å². The molecule has 34 heavy (non-hydrogen) atoms. The maximum Gasteiger partial charge on any atom is 0.417 e. The van der Waals surface area contributed by atoms with Crippen molar-refractivity contribution in [1.29, 1.82) is 0 Å². The highest BCUT2D eigenvalue weighted by atomic mass is 32.2. The fourth-order valence-electron chi connectivity index (χ4n) is 3.12. The summed E-state index contributed by atoms with van der Waals surface area (Å²) in [6, 6.07) is 8.59. The van der Waals surface area contributed by atoms with Crippen LogP contribution in [0.1, 0.15) is 56.9 Å². The third-order valence-corrected chi connectivity index (χ3v) is 5.86. The number of rotatable bonds is 4. The van der Waals surface area contributed by atoms with Crippen LogP contribution in [0.2, 0.25) is 0 Å². The van der Waals surface area contributed by atoms with Crippen LogP contribution in [0.4, 0.5) is 17.6 Å². The number of hydrogen-bond donors (Lipinski definition) is 0. The smallest absolute Gasteiger partial charge is 0.293 e.